The normalized spacial score (nSPS) is 10.2. The Labute approximate surface area is 108 Å². The average molecular weight is 261 g/mol. The zero-order chi connectivity index (χ0) is 13.8. The smallest absolute Gasteiger partial charge is 0.374 e. The minimum absolute atomic E-state index is 0.00302. The monoisotopic (exact) mass is 261 g/mol. The Balaban J connectivity index is 1.95. The summed E-state index contributed by atoms with van der Waals surface area (Å²) in [6.07, 6.45) is 0. The van der Waals surface area contributed by atoms with Crippen molar-refractivity contribution in [3.63, 3.8) is 0 Å². The van der Waals surface area contributed by atoms with Crippen LogP contribution in [0.25, 0.3) is 0 Å². The molecular formula is C13H11NO5. The van der Waals surface area contributed by atoms with Crippen molar-refractivity contribution in [2.24, 2.45) is 0 Å². The Bertz CT molecular complexity index is 600. The first-order chi connectivity index (χ1) is 9.06. The molecule has 0 N–H and O–H groups in total. The predicted molar refractivity (Wildman–Crippen MR) is 65.7 cm³/mol. The zero-order valence-corrected chi connectivity index (χ0v) is 10.2. The second kappa shape index (κ2) is 5.34. The van der Waals surface area contributed by atoms with E-state index in [1.54, 1.807) is 25.1 Å². The van der Waals surface area contributed by atoms with E-state index in [0.29, 0.717) is 11.3 Å². The summed E-state index contributed by atoms with van der Waals surface area (Å²) in [7, 11) is 0. The van der Waals surface area contributed by atoms with Crippen molar-refractivity contribution in [2.45, 2.75) is 13.5 Å². The highest BCUT2D eigenvalue weighted by atomic mass is 16.6. The van der Waals surface area contributed by atoms with Crippen molar-refractivity contribution in [1.29, 1.82) is 0 Å². The maximum absolute atomic E-state index is 11.6. The molecule has 0 saturated heterocycles. The van der Waals surface area contributed by atoms with Crippen LogP contribution in [0.15, 0.2) is 40.8 Å². The summed E-state index contributed by atoms with van der Waals surface area (Å²) in [5.74, 6) is 0.202. The number of ether oxygens (including phenoxy) is 1. The number of rotatable bonds is 4. The van der Waals surface area contributed by atoms with Crippen molar-refractivity contribution in [1.82, 2.24) is 0 Å². The fraction of sp³-hybridized carbons (Fsp3) is 0.154. The van der Waals surface area contributed by atoms with Crippen molar-refractivity contribution in [3.05, 3.63) is 63.6 Å². The first-order valence-electron chi connectivity index (χ1n) is 5.53. The van der Waals surface area contributed by atoms with E-state index in [-0.39, 0.29) is 18.1 Å². The molecule has 0 spiro atoms. The van der Waals surface area contributed by atoms with Crippen LogP contribution in [-0.2, 0) is 11.3 Å². The third kappa shape index (κ3) is 3.19. The lowest BCUT2D eigenvalue weighted by molar-refractivity contribution is -0.384. The molecule has 0 atom stereocenters. The molecule has 0 aliphatic heterocycles. The van der Waals surface area contributed by atoms with Gasteiger partial charge in [-0.25, -0.2) is 4.79 Å². The number of benzene rings is 1. The van der Waals surface area contributed by atoms with Gasteiger partial charge in [-0.1, -0.05) is 0 Å². The van der Waals surface area contributed by atoms with Gasteiger partial charge < -0.3 is 9.15 Å². The van der Waals surface area contributed by atoms with E-state index >= 15 is 0 Å². The molecule has 2 aromatic rings. The second-order valence-electron chi connectivity index (χ2n) is 3.91. The number of aryl methyl sites for hydroxylation is 1. The lowest BCUT2D eigenvalue weighted by Crippen LogP contribution is -2.04. The molecular weight excluding hydrogens is 250 g/mol. The first kappa shape index (κ1) is 12.8. The third-order valence-electron chi connectivity index (χ3n) is 2.46. The minimum Gasteiger partial charge on any atom is -0.455 e. The van der Waals surface area contributed by atoms with E-state index in [1.807, 2.05) is 0 Å². The summed E-state index contributed by atoms with van der Waals surface area (Å²) < 4.78 is 10.1. The van der Waals surface area contributed by atoms with Gasteiger partial charge in [-0.15, -0.1) is 0 Å². The molecule has 1 heterocycles. The van der Waals surface area contributed by atoms with Crippen LogP contribution in [0.1, 0.15) is 21.9 Å². The molecule has 2 rings (SSSR count). The van der Waals surface area contributed by atoms with Crippen LogP contribution >= 0.6 is 0 Å². The van der Waals surface area contributed by atoms with E-state index in [4.69, 9.17) is 9.15 Å². The number of carbonyl (C=O) groups excluding carboxylic acids is 1. The van der Waals surface area contributed by atoms with Crippen LogP contribution in [0, 0.1) is 17.0 Å². The summed E-state index contributed by atoms with van der Waals surface area (Å²) in [6.45, 7) is 1.77. The van der Waals surface area contributed by atoms with Crippen molar-refractivity contribution in [3.8, 4) is 0 Å². The topological polar surface area (TPSA) is 82.6 Å². The van der Waals surface area contributed by atoms with E-state index in [1.165, 1.54) is 18.2 Å². The van der Waals surface area contributed by atoms with Gasteiger partial charge in [-0.05, 0) is 36.8 Å². The van der Waals surface area contributed by atoms with Gasteiger partial charge >= 0.3 is 5.97 Å². The van der Waals surface area contributed by atoms with Gasteiger partial charge in [0.05, 0.1) is 4.92 Å². The molecule has 0 amide bonds. The number of carbonyl (C=O) groups is 1. The Morgan fingerprint density at radius 2 is 1.95 bits per heavy atom. The van der Waals surface area contributed by atoms with Crippen LogP contribution in [0.4, 0.5) is 5.69 Å². The standard InChI is InChI=1S/C13H11NO5/c1-9-2-7-12(19-9)13(15)18-8-10-3-5-11(6-4-10)14(16)17/h2-7H,8H2,1H3. The Morgan fingerprint density at radius 3 is 2.47 bits per heavy atom. The largest absolute Gasteiger partial charge is 0.455 e. The number of nitrogens with zero attached hydrogens (tertiary/aromatic N) is 1. The van der Waals surface area contributed by atoms with E-state index in [9.17, 15) is 14.9 Å². The fourth-order valence-corrected chi connectivity index (χ4v) is 1.48. The molecule has 1 aromatic heterocycles. The highest BCUT2D eigenvalue weighted by Gasteiger charge is 2.12. The predicted octanol–water partition coefficient (Wildman–Crippen LogP) is 2.85. The molecule has 0 aliphatic carbocycles. The number of non-ortho nitro benzene ring substituents is 1. The molecule has 6 nitrogen and oxygen atoms in total. The molecule has 0 aliphatic rings. The average Bonchev–Trinajstić information content (AvgIpc) is 2.83. The molecule has 1 aromatic carbocycles. The fourth-order valence-electron chi connectivity index (χ4n) is 1.48. The number of esters is 1. The van der Waals surface area contributed by atoms with Gasteiger partial charge in [0.2, 0.25) is 5.76 Å². The Hall–Kier alpha value is -2.63. The van der Waals surface area contributed by atoms with Gasteiger partial charge in [0.15, 0.2) is 0 Å². The van der Waals surface area contributed by atoms with Crippen molar-refractivity contribution < 1.29 is 18.9 Å². The summed E-state index contributed by atoms with van der Waals surface area (Å²) in [5, 5.41) is 10.5. The maximum Gasteiger partial charge on any atom is 0.374 e. The van der Waals surface area contributed by atoms with Crippen molar-refractivity contribution >= 4 is 11.7 Å². The summed E-state index contributed by atoms with van der Waals surface area (Å²) in [5.41, 5.74) is 0.666. The highest BCUT2D eigenvalue weighted by molar-refractivity contribution is 5.86. The Morgan fingerprint density at radius 1 is 1.26 bits per heavy atom. The first-order valence-corrected chi connectivity index (χ1v) is 5.53. The molecule has 6 heteroatoms. The summed E-state index contributed by atoms with van der Waals surface area (Å²) >= 11 is 0. The quantitative estimate of drug-likeness (QED) is 0.480. The van der Waals surface area contributed by atoms with Gasteiger partial charge in [0.25, 0.3) is 5.69 Å². The van der Waals surface area contributed by atoms with Crippen molar-refractivity contribution in [2.75, 3.05) is 0 Å². The van der Waals surface area contributed by atoms with Crippen LogP contribution < -0.4 is 0 Å². The van der Waals surface area contributed by atoms with Gasteiger partial charge in [-0.3, -0.25) is 10.1 Å². The molecule has 0 radical (unpaired) electrons. The maximum atomic E-state index is 11.6. The minimum atomic E-state index is -0.563. The number of hydrogen-bond acceptors (Lipinski definition) is 5. The molecule has 98 valence electrons. The van der Waals surface area contributed by atoms with E-state index in [0.717, 1.165) is 0 Å². The Kier molecular flexibility index (Phi) is 3.61. The number of nitro benzene ring substituents is 1. The third-order valence-corrected chi connectivity index (χ3v) is 2.46. The lowest BCUT2D eigenvalue weighted by atomic mass is 10.2. The number of nitro groups is 1. The van der Waals surface area contributed by atoms with Crippen LogP contribution in [0.5, 0.6) is 0 Å². The summed E-state index contributed by atoms with van der Waals surface area (Å²) in [6, 6.07) is 9.01. The molecule has 0 unspecified atom stereocenters. The molecule has 0 fully saturated rings. The lowest BCUT2D eigenvalue weighted by Gasteiger charge is -2.02. The van der Waals surface area contributed by atoms with Gasteiger partial charge in [0.1, 0.15) is 12.4 Å². The molecule has 0 saturated carbocycles. The van der Waals surface area contributed by atoms with Crippen LogP contribution in [0.3, 0.4) is 0 Å². The van der Waals surface area contributed by atoms with Crippen LogP contribution in [0.2, 0.25) is 0 Å². The summed E-state index contributed by atoms with van der Waals surface area (Å²) in [4.78, 5) is 21.6. The molecule has 19 heavy (non-hydrogen) atoms. The second-order valence-corrected chi connectivity index (χ2v) is 3.91. The number of furan rings is 1. The number of hydrogen-bond donors (Lipinski definition) is 0. The van der Waals surface area contributed by atoms with E-state index < -0.39 is 10.9 Å². The molecule has 0 bridgehead atoms. The van der Waals surface area contributed by atoms with E-state index in [2.05, 4.69) is 0 Å². The SMILES string of the molecule is Cc1ccc(C(=O)OCc2ccc([N+](=O)[O-])cc2)o1. The zero-order valence-electron chi connectivity index (χ0n) is 10.2. The van der Waals surface area contributed by atoms with Gasteiger partial charge in [-0.2, -0.15) is 0 Å². The highest BCUT2D eigenvalue weighted by Crippen LogP contribution is 2.14. The van der Waals surface area contributed by atoms with Crippen LogP contribution in [-0.4, -0.2) is 10.9 Å². The van der Waals surface area contributed by atoms with Gasteiger partial charge in [0, 0.05) is 12.1 Å².